The number of hydrogen-bond donors (Lipinski definition) is 1. The van der Waals surface area contributed by atoms with Crippen LogP contribution in [0.25, 0.3) is 0 Å². The van der Waals surface area contributed by atoms with Crippen molar-refractivity contribution in [1.82, 2.24) is 5.32 Å². The van der Waals surface area contributed by atoms with Crippen LogP contribution in [0.15, 0.2) is 24.3 Å². The summed E-state index contributed by atoms with van der Waals surface area (Å²) in [6, 6.07) is 6.74. The van der Waals surface area contributed by atoms with E-state index >= 15 is 0 Å². The van der Waals surface area contributed by atoms with Crippen LogP contribution in [0.3, 0.4) is 0 Å². The zero-order chi connectivity index (χ0) is 13.3. The minimum absolute atomic E-state index is 0.0183. The van der Waals surface area contributed by atoms with Crippen LogP contribution in [0.2, 0.25) is 0 Å². The maximum Gasteiger partial charge on any atom is 0.262 e. The molecule has 1 atom stereocenters. The second kappa shape index (κ2) is 4.49. The van der Waals surface area contributed by atoms with Gasteiger partial charge in [0, 0.05) is 7.05 Å². The highest BCUT2D eigenvalue weighted by Gasteiger charge is 2.34. The maximum absolute atomic E-state index is 11.7. The van der Waals surface area contributed by atoms with Gasteiger partial charge in [0.15, 0.2) is 6.10 Å². The molecule has 0 aliphatic carbocycles. The van der Waals surface area contributed by atoms with E-state index in [-0.39, 0.29) is 12.5 Å². The van der Waals surface area contributed by atoms with Gasteiger partial charge in [-0.1, -0.05) is 12.1 Å². The molecule has 0 fully saturated rings. The molecule has 1 heterocycles. The third-order valence-corrected chi connectivity index (χ3v) is 3.82. The quantitative estimate of drug-likeness (QED) is 0.818. The predicted molar refractivity (Wildman–Crippen MR) is 67.1 cm³/mol. The van der Waals surface area contributed by atoms with E-state index in [1.807, 2.05) is 0 Å². The molecule has 0 bridgehead atoms. The van der Waals surface area contributed by atoms with Crippen LogP contribution in [0.1, 0.15) is 0 Å². The zero-order valence-corrected chi connectivity index (χ0v) is 10.9. The number of ether oxygens (including phenoxy) is 1. The van der Waals surface area contributed by atoms with Crippen LogP contribution in [0.5, 0.6) is 5.75 Å². The van der Waals surface area contributed by atoms with Gasteiger partial charge in [-0.25, -0.2) is 8.42 Å². The molecule has 1 N–H and O–H groups in total. The Labute approximate surface area is 106 Å². The van der Waals surface area contributed by atoms with Crippen molar-refractivity contribution in [3.63, 3.8) is 0 Å². The number of hydrogen-bond acceptors (Lipinski definition) is 4. The number of carbonyl (C=O) groups is 1. The summed E-state index contributed by atoms with van der Waals surface area (Å²) in [6.45, 7) is -0.0183. The van der Waals surface area contributed by atoms with E-state index in [4.69, 9.17) is 4.74 Å². The summed E-state index contributed by atoms with van der Waals surface area (Å²) in [5, 5.41) is 2.45. The Bertz CT molecular complexity index is 570. The molecule has 1 aromatic carbocycles. The molecule has 7 heteroatoms. The van der Waals surface area contributed by atoms with Gasteiger partial charge >= 0.3 is 0 Å². The number of likely N-dealkylation sites (N-methyl/N-ethyl adjacent to an activating group) is 1. The van der Waals surface area contributed by atoms with Crippen molar-refractivity contribution >= 4 is 21.6 Å². The Morgan fingerprint density at radius 1 is 1.44 bits per heavy atom. The van der Waals surface area contributed by atoms with Gasteiger partial charge in [0.2, 0.25) is 10.0 Å². The van der Waals surface area contributed by atoms with Gasteiger partial charge in [-0.3, -0.25) is 9.10 Å². The number of anilines is 1. The topological polar surface area (TPSA) is 75.7 Å². The number of rotatable bonds is 2. The Hall–Kier alpha value is -1.76. The van der Waals surface area contributed by atoms with Crippen LogP contribution in [-0.2, 0) is 14.8 Å². The molecule has 0 saturated carbocycles. The van der Waals surface area contributed by atoms with Gasteiger partial charge in [0.1, 0.15) is 5.75 Å². The number of amides is 1. The van der Waals surface area contributed by atoms with Gasteiger partial charge in [0.05, 0.1) is 18.5 Å². The lowest BCUT2D eigenvalue weighted by atomic mass is 10.2. The molecule has 0 saturated heterocycles. The Balaban J connectivity index is 2.45. The van der Waals surface area contributed by atoms with Crippen molar-refractivity contribution in [2.24, 2.45) is 0 Å². The average molecular weight is 270 g/mol. The number of nitrogens with one attached hydrogen (secondary N) is 1. The maximum atomic E-state index is 11.7. The first kappa shape index (κ1) is 12.7. The van der Waals surface area contributed by atoms with Crippen molar-refractivity contribution in [2.75, 3.05) is 24.2 Å². The number of fused-ring (bicyclic) bond motifs is 1. The molecule has 2 rings (SSSR count). The molecule has 6 nitrogen and oxygen atoms in total. The number of sulfonamides is 1. The molecule has 0 spiro atoms. The number of carbonyl (C=O) groups excluding carboxylic acids is 1. The fourth-order valence-electron chi connectivity index (χ4n) is 1.81. The highest BCUT2D eigenvalue weighted by atomic mass is 32.2. The summed E-state index contributed by atoms with van der Waals surface area (Å²) in [6.07, 6.45) is 0.273. The summed E-state index contributed by atoms with van der Waals surface area (Å²) in [5.41, 5.74) is 0.458. The van der Waals surface area contributed by atoms with Crippen LogP contribution in [-0.4, -0.2) is 40.3 Å². The summed E-state index contributed by atoms with van der Waals surface area (Å²) < 4.78 is 30.2. The van der Waals surface area contributed by atoms with Crippen LogP contribution >= 0.6 is 0 Å². The van der Waals surface area contributed by atoms with E-state index in [1.54, 1.807) is 24.3 Å². The highest BCUT2D eigenvalue weighted by Crippen LogP contribution is 2.34. The molecule has 1 aromatic rings. The Kier molecular flexibility index (Phi) is 3.16. The lowest BCUT2D eigenvalue weighted by molar-refractivity contribution is -0.127. The van der Waals surface area contributed by atoms with Crippen LogP contribution in [0.4, 0.5) is 5.69 Å². The molecule has 0 radical (unpaired) electrons. The number of benzene rings is 1. The van der Waals surface area contributed by atoms with Gasteiger partial charge in [0.25, 0.3) is 5.91 Å². The first-order chi connectivity index (χ1) is 8.43. The predicted octanol–water partition coefficient (Wildman–Crippen LogP) is -0.0404. The molecular formula is C11H14N2O4S. The Morgan fingerprint density at radius 3 is 2.72 bits per heavy atom. The largest absolute Gasteiger partial charge is 0.476 e. The van der Waals surface area contributed by atoms with Gasteiger partial charge < -0.3 is 10.1 Å². The van der Waals surface area contributed by atoms with E-state index in [0.29, 0.717) is 11.4 Å². The molecule has 1 amide bonds. The smallest absolute Gasteiger partial charge is 0.262 e. The van der Waals surface area contributed by atoms with Crippen molar-refractivity contribution in [1.29, 1.82) is 0 Å². The standard InChI is InChI=1S/C11H14N2O4S/c1-12-11(14)10-7-13(18(2,15)16)8-5-3-4-6-9(8)17-10/h3-6,10H,7H2,1-2H3,(H,12,14)/t10-/m1/s1. The minimum Gasteiger partial charge on any atom is -0.476 e. The molecule has 18 heavy (non-hydrogen) atoms. The highest BCUT2D eigenvalue weighted by molar-refractivity contribution is 7.92. The first-order valence-corrected chi connectivity index (χ1v) is 7.23. The van der Waals surface area contributed by atoms with E-state index in [1.165, 1.54) is 11.4 Å². The number of nitrogens with zero attached hydrogens (tertiary/aromatic N) is 1. The second-order valence-electron chi connectivity index (χ2n) is 3.98. The summed E-state index contributed by atoms with van der Waals surface area (Å²) in [5.74, 6) is 0.0425. The summed E-state index contributed by atoms with van der Waals surface area (Å²) >= 11 is 0. The lowest BCUT2D eigenvalue weighted by Crippen LogP contribution is -2.49. The third-order valence-electron chi connectivity index (χ3n) is 2.67. The van der Waals surface area contributed by atoms with E-state index in [9.17, 15) is 13.2 Å². The molecule has 1 aliphatic rings. The zero-order valence-electron chi connectivity index (χ0n) is 10.1. The molecule has 0 unspecified atom stereocenters. The van der Waals surface area contributed by atoms with Crippen molar-refractivity contribution in [3.8, 4) is 5.75 Å². The third kappa shape index (κ3) is 2.26. The van der Waals surface area contributed by atoms with Gasteiger partial charge in [-0.15, -0.1) is 0 Å². The molecule has 98 valence electrons. The summed E-state index contributed by atoms with van der Waals surface area (Å²) in [4.78, 5) is 11.6. The molecule has 1 aliphatic heterocycles. The molecule has 0 aromatic heterocycles. The van der Waals surface area contributed by atoms with Crippen LogP contribution in [0, 0.1) is 0 Å². The fourth-order valence-corrected chi connectivity index (χ4v) is 2.73. The fraction of sp³-hybridized carbons (Fsp3) is 0.364. The SMILES string of the molecule is CNC(=O)[C@H]1CN(S(C)(=O)=O)c2ccccc2O1. The summed E-state index contributed by atoms with van der Waals surface area (Å²) in [7, 11) is -1.96. The van der Waals surface area contributed by atoms with Crippen molar-refractivity contribution in [2.45, 2.75) is 6.10 Å². The van der Waals surface area contributed by atoms with E-state index < -0.39 is 16.1 Å². The van der Waals surface area contributed by atoms with Crippen molar-refractivity contribution in [3.05, 3.63) is 24.3 Å². The average Bonchev–Trinajstić information content (AvgIpc) is 2.35. The van der Waals surface area contributed by atoms with E-state index in [2.05, 4.69) is 5.32 Å². The van der Waals surface area contributed by atoms with E-state index in [0.717, 1.165) is 6.26 Å². The van der Waals surface area contributed by atoms with Crippen molar-refractivity contribution < 1.29 is 17.9 Å². The second-order valence-corrected chi connectivity index (χ2v) is 5.89. The monoisotopic (exact) mass is 270 g/mol. The minimum atomic E-state index is -3.44. The normalized spacial score (nSPS) is 18.8. The van der Waals surface area contributed by atoms with Gasteiger partial charge in [-0.2, -0.15) is 0 Å². The lowest BCUT2D eigenvalue weighted by Gasteiger charge is -2.33. The van der Waals surface area contributed by atoms with Crippen LogP contribution < -0.4 is 14.4 Å². The van der Waals surface area contributed by atoms with Gasteiger partial charge in [-0.05, 0) is 12.1 Å². The Morgan fingerprint density at radius 2 is 2.11 bits per heavy atom. The first-order valence-electron chi connectivity index (χ1n) is 5.38. The molecular weight excluding hydrogens is 256 g/mol. The number of para-hydroxylation sites is 2.